The van der Waals surface area contributed by atoms with Gasteiger partial charge in [0.05, 0.1) is 19.1 Å². The van der Waals surface area contributed by atoms with Gasteiger partial charge in [0.15, 0.2) is 11.5 Å². The van der Waals surface area contributed by atoms with Crippen LogP contribution in [0.15, 0.2) is 23.1 Å². The van der Waals surface area contributed by atoms with Gasteiger partial charge < -0.3 is 14.8 Å². The molecular weight excluding hydrogens is 356 g/mol. The highest BCUT2D eigenvalue weighted by Gasteiger charge is 2.26. The summed E-state index contributed by atoms with van der Waals surface area (Å²) in [7, 11) is -1.11. The van der Waals surface area contributed by atoms with Gasteiger partial charge in [-0.3, -0.25) is 0 Å². The molecule has 1 fully saturated rings. The third-order valence-corrected chi connectivity index (χ3v) is 6.27. The Kier molecular flexibility index (Phi) is 6.75. The van der Waals surface area contributed by atoms with Gasteiger partial charge in [0.25, 0.3) is 10.0 Å². The molecule has 0 unspecified atom stereocenters. The molecular formula is C18H28N2O5S. The average molecular weight is 384 g/mol. The molecule has 1 aliphatic carbocycles. The van der Waals surface area contributed by atoms with E-state index in [1.807, 2.05) is 0 Å². The van der Waals surface area contributed by atoms with E-state index in [0.717, 1.165) is 25.7 Å². The lowest BCUT2D eigenvalue weighted by molar-refractivity contribution is 0.219. The van der Waals surface area contributed by atoms with Crippen LogP contribution in [0.2, 0.25) is 0 Å². The van der Waals surface area contributed by atoms with Gasteiger partial charge in [-0.15, -0.1) is 0 Å². The summed E-state index contributed by atoms with van der Waals surface area (Å²) in [6.45, 7) is 4.42. The maximum Gasteiger partial charge on any atom is 0.328 e. The highest BCUT2D eigenvalue weighted by molar-refractivity contribution is 7.90. The first-order valence-corrected chi connectivity index (χ1v) is 10.3. The summed E-state index contributed by atoms with van der Waals surface area (Å²) >= 11 is 0. The van der Waals surface area contributed by atoms with E-state index < -0.39 is 16.1 Å². The number of rotatable bonds is 6. The molecule has 1 saturated carbocycles. The molecule has 8 heteroatoms. The van der Waals surface area contributed by atoms with Crippen molar-refractivity contribution in [2.75, 3.05) is 14.2 Å². The highest BCUT2D eigenvalue weighted by Crippen LogP contribution is 2.30. The van der Waals surface area contributed by atoms with Crippen molar-refractivity contribution in [2.45, 2.75) is 50.5 Å². The third kappa shape index (κ3) is 5.03. The van der Waals surface area contributed by atoms with E-state index in [2.05, 4.69) is 23.9 Å². The molecule has 2 rings (SSSR count). The van der Waals surface area contributed by atoms with Crippen LogP contribution in [0.4, 0.5) is 4.79 Å². The number of nitrogens with one attached hydrogen (secondary N) is 2. The molecule has 0 saturated heterocycles. The Hall–Kier alpha value is -1.96. The van der Waals surface area contributed by atoms with Crippen molar-refractivity contribution in [1.29, 1.82) is 0 Å². The standard InChI is InChI=1S/C18H28N2O5S/c1-12(2)13-5-7-14(8-6-13)19-18(21)20-26(22,23)15-9-10-16(24-3)17(11-15)25-4/h9-14H,5-8H2,1-4H3,(H2,19,20,21). The fourth-order valence-electron chi connectivity index (χ4n) is 3.31. The van der Waals surface area contributed by atoms with Crippen LogP contribution in [0.1, 0.15) is 39.5 Å². The summed E-state index contributed by atoms with van der Waals surface area (Å²) in [5.74, 6) is 2.00. The van der Waals surface area contributed by atoms with E-state index in [9.17, 15) is 13.2 Å². The van der Waals surface area contributed by atoms with Crippen LogP contribution in [0, 0.1) is 11.8 Å². The molecule has 7 nitrogen and oxygen atoms in total. The number of sulfonamides is 1. The van der Waals surface area contributed by atoms with Crippen LogP contribution in [0.3, 0.4) is 0 Å². The number of hydrogen-bond acceptors (Lipinski definition) is 5. The van der Waals surface area contributed by atoms with Gasteiger partial charge in [0.2, 0.25) is 0 Å². The molecule has 1 aliphatic rings. The number of amides is 2. The van der Waals surface area contributed by atoms with Crippen molar-refractivity contribution in [3.8, 4) is 11.5 Å². The van der Waals surface area contributed by atoms with Crippen molar-refractivity contribution in [3.05, 3.63) is 18.2 Å². The first kappa shape index (κ1) is 20.4. The van der Waals surface area contributed by atoms with Gasteiger partial charge in [-0.1, -0.05) is 13.8 Å². The minimum atomic E-state index is -3.99. The number of hydrogen-bond donors (Lipinski definition) is 2. The predicted octanol–water partition coefficient (Wildman–Crippen LogP) is 2.91. The van der Waals surface area contributed by atoms with Crippen LogP contribution in [0.25, 0.3) is 0 Å². The lowest BCUT2D eigenvalue weighted by atomic mass is 9.80. The fraction of sp³-hybridized carbons (Fsp3) is 0.611. The SMILES string of the molecule is COc1ccc(S(=O)(=O)NC(=O)NC2CCC(C(C)C)CC2)cc1OC. The minimum Gasteiger partial charge on any atom is -0.493 e. The van der Waals surface area contributed by atoms with E-state index in [0.29, 0.717) is 17.6 Å². The average Bonchev–Trinajstić information content (AvgIpc) is 2.60. The first-order chi connectivity index (χ1) is 12.3. The highest BCUT2D eigenvalue weighted by atomic mass is 32.2. The number of methoxy groups -OCH3 is 2. The van der Waals surface area contributed by atoms with Crippen molar-refractivity contribution < 1.29 is 22.7 Å². The number of urea groups is 1. The molecule has 0 spiro atoms. The van der Waals surface area contributed by atoms with Gasteiger partial charge >= 0.3 is 6.03 Å². The largest absolute Gasteiger partial charge is 0.493 e. The normalized spacial score (nSPS) is 20.5. The number of ether oxygens (including phenoxy) is 2. The van der Waals surface area contributed by atoms with E-state index in [1.165, 1.54) is 32.4 Å². The molecule has 0 bridgehead atoms. The Morgan fingerprint density at radius 2 is 1.69 bits per heavy atom. The lowest BCUT2D eigenvalue weighted by Crippen LogP contribution is -2.45. The molecule has 2 amide bonds. The van der Waals surface area contributed by atoms with Gasteiger partial charge in [-0.25, -0.2) is 17.9 Å². The van der Waals surface area contributed by atoms with E-state index in [1.54, 1.807) is 0 Å². The van der Waals surface area contributed by atoms with E-state index in [4.69, 9.17) is 9.47 Å². The smallest absolute Gasteiger partial charge is 0.328 e. The zero-order valence-electron chi connectivity index (χ0n) is 15.7. The van der Waals surface area contributed by atoms with E-state index >= 15 is 0 Å². The summed E-state index contributed by atoms with van der Waals surface area (Å²) in [6, 6.07) is 3.48. The maximum absolute atomic E-state index is 12.4. The Morgan fingerprint density at radius 3 is 2.23 bits per heavy atom. The Balaban J connectivity index is 1.98. The zero-order chi connectivity index (χ0) is 19.3. The molecule has 146 valence electrons. The van der Waals surface area contributed by atoms with Gasteiger partial charge in [-0.05, 0) is 49.7 Å². The molecule has 0 heterocycles. The fourth-order valence-corrected chi connectivity index (χ4v) is 4.24. The minimum absolute atomic E-state index is 0.00519. The van der Waals surface area contributed by atoms with Crippen molar-refractivity contribution in [3.63, 3.8) is 0 Å². The molecule has 0 aliphatic heterocycles. The Bertz CT molecular complexity index is 725. The second-order valence-electron chi connectivity index (χ2n) is 6.95. The summed E-state index contributed by atoms with van der Waals surface area (Å²) in [6.07, 6.45) is 3.83. The number of carbonyl (C=O) groups is 1. The third-order valence-electron chi connectivity index (χ3n) is 4.94. The molecule has 26 heavy (non-hydrogen) atoms. The predicted molar refractivity (Wildman–Crippen MR) is 99.0 cm³/mol. The second-order valence-corrected chi connectivity index (χ2v) is 8.63. The lowest BCUT2D eigenvalue weighted by Gasteiger charge is -2.31. The second kappa shape index (κ2) is 8.62. The molecule has 0 aromatic heterocycles. The van der Waals surface area contributed by atoms with Crippen LogP contribution < -0.4 is 19.5 Å². The Labute approximate surface area is 155 Å². The first-order valence-electron chi connectivity index (χ1n) is 8.82. The van der Waals surface area contributed by atoms with Crippen LogP contribution in [-0.2, 0) is 10.0 Å². The topological polar surface area (TPSA) is 93.7 Å². The summed E-state index contributed by atoms with van der Waals surface area (Å²) < 4.78 is 37.1. The molecule has 1 aromatic carbocycles. The summed E-state index contributed by atoms with van der Waals surface area (Å²) in [5.41, 5.74) is 0. The summed E-state index contributed by atoms with van der Waals surface area (Å²) in [4.78, 5) is 12.1. The molecule has 0 atom stereocenters. The maximum atomic E-state index is 12.4. The zero-order valence-corrected chi connectivity index (χ0v) is 16.6. The molecule has 0 radical (unpaired) electrons. The van der Waals surface area contributed by atoms with Crippen LogP contribution >= 0.6 is 0 Å². The molecule has 2 N–H and O–H groups in total. The number of benzene rings is 1. The monoisotopic (exact) mass is 384 g/mol. The molecule has 1 aromatic rings. The van der Waals surface area contributed by atoms with Crippen LogP contribution in [-0.4, -0.2) is 34.7 Å². The number of carbonyl (C=O) groups excluding carboxylic acids is 1. The van der Waals surface area contributed by atoms with Gasteiger partial charge in [-0.2, -0.15) is 0 Å². The Morgan fingerprint density at radius 1 is 1.08 bits per heavy atom. The van der Waals surface area contributed by atoms with Gasteiger partial charge in [0, 0.05) is 12.1 Å². The van der Waals surface area contributed by atoms with Gasteiger partial charge in [0.1, 0.15) is 0 Å². The van der Waals surface area contributed by atoms with Crippen LogP contribution in [0.5, 0.6) is 11.5 Å². The van der Waals surface area contributed by atoms with Crippen molar-refractivity contribution in [1.82, 2.24) is 10.0 Å². The van der Waals surface area contributed by atoms with Crippen molar-refractivity contribution >= 4 is 16.1 Å². The van der Waals surface area contributed by atoms with Crippen molar-refractivity contribution in [2.24, 2.45) is 11.8 Å². The quantitative estimate of drug-likeness (QED) is 0.786. The summed E-state index contributed by atoms with van der Waals surface area (Å²) in [5, 5.41) is 2.77. The van der Waals surface area contributed by atoms with E-state index in [-0.39, 0.29) is 16.7 Å².